The second-order valence-electron chi connectivity index (χ2n) is 5.37. The summed E-state index contributed by atoms with van der Waals surface area (Å²) < 4.78 is 12.4. The van der Waals surface area contributed by atoms with E-state index in [4.69, 9.17) is 9.47 Å². The summed E-state index contributed by atoms with van der Waals surface area (Å²) in [5, 5.41) is 0. The summed E-state index contributed by atoms with van der Waals surface area (Å²) in [5.74, 6) is 0.438. The van der Waals surface area contributed by atoms with Gasteiger partial charge in [0.25, 0.3) is 0 Å². The molecule has 0 atom stereocenters. The average molecular weight is 325 g/mol. The van der Waals surface area contributed by atoms with E-state index in [0.29, 0.717) is 31.1 Å². The van der Waals surface area contributed by atoms with Gasteiger partial charge in [-0.2, -0.15) is 0 Å². The van der Waals surface area contributed by atoms with Crippen LogP contribution >= 0.6 is 0 Å². The Bertz CT molecular complexity index is 829. The summed E-state index contributed by atoms with van der Waals surface area (Å²) in [6, 6.07) is 5.72. The topological polar surface area (TPSA) is 65.7 Å². The Balaban J connectivity index is 1.72. The van der Waals surface area contributed by atoms with Crippen molar-refractivity contribution < 1.29 is 14.3 Å². The molecule has 0 saturated heterocycles. The van der Waals surface area contributed by atoms with Crippen LogP contribution in [-0.2, 0) is 17.6 Å². The fraction of sp³-hybridized carbons (Fsp3) is 0.278. The number of ether oxygens (including phenoxy) is 2. The molecule has 3 aromatic rings. The van der Waals surface area contributed by atoms with E-state index in [2.05, 4.69) is 16.0 Å². The number of hydrogen-bond acceptors (Lipinski definition) is 5. The first-order valence-corrected chi connectivity index (χ1v) is 7.78. The van der Waals surface area contributed by atoms with Crippen molar-refractivity contribution in [3.05, 3.63) is 59.7 Å². The third-order valence-corrected chi connectivity index (χ3v) is 3.83. The van der Waals surface area contributed by atoms with Crippen molar-refractivity contribution in [1.29, 1.82) is 0 Å². The van der Waals surface area contributed by atoms with Crippen LogP contribution in [0.4, 0.5) is 0 Å². The predicted molar refractivity (Wildman–Crippen MR) is 89.6 cm³/mol. The zero-order valence-corrected chi connectivity index (χ0v) is 13.5. The standard InChI is InChI=1S/C18H19N3O3/c1-23-9-10-24-17-11-16(13-22)15(12-20-17)5-4-14-3-2-7-21-8-6-19-18(14)21/h2-3,6-8,11-13H,4-5,9-10H2,1H3. The van der Waals surface area contributed by atoms with Crippen molar-refractivity contribution in [3.8, 4) is 5.88 Å². The minimum atomic E-state index is 0.406. The number of nitrogens with zero attached hydrogens (tertiary/aromatic N) is 3. The Labute approximate surface area is 140 Å². The number of methoxy groups -OCH3 is 1. The van der Waals surface area contributed by atoms with Gasteiger partial charge in [0.2, 0.25) is 5.88 Å². The summed E-state index contributed by atoms with van der Waals surface area (Å²) in [7, 11) is 1.61. The molecule has 0 unspecified atom stereocenters. The summed E-state index contributed by atoms with van der Waals surface area (Å²) in [6.45, 7) is 0.886. The van der Waals surface area contributed by atoms with Gasteiger partial charge in [-0.3, -0.25) is 4.79 Å². The number of imidazole rings is 1. The molecule has 124 valence electrons. The molecule has 0 saturated carbocycles. The molecule has 0 aromatic carbocycles. The Morgan fingerprint density at radius 1 is 1.17 bits per heavy atom. The van der Waals surface area contributed by atoms with E-state index in [1.807, 2.05) is 22.9 Å². The summed E-state index contributed by atoms with van der Waals surface area (Å²) in [4.78, 5) is 20.0. The average Bonchev–Trinajstić information content (AvgIpc) is 3.10. The summed E-state index contributed by atoms with van der Waals surface area (Å²) in [5.41, 5.74) is 3.59. The van der Waals surface area contributed by atoms with Crippen LogP contribution in [0.2, 0.25) is 0 Å². The van der Waals surface area contributed by atoms with Crippen LogP contribution in [0.3, 0.4) is 0 Å². The number of aldehydes is 1. The lowest BCUT2D eigenvalue weighted by molar-refractivity contribution is 0.112. The number of pyridine rings is 2. The maximum atomic E-state index is 11.4. The first-order chi connectivity index (χ1) is 11.8. The Hall–Kier alpha value is -2.73. The highest BCUT2D eigenvalue weighted by Crippen LogP contribution is 2.17. The third-order valence-electron chi connectivity index (χ3n) is 3.83. The van der Waals surface area contributed by atoms with E-state index >= 15 is 0 Å². The van der Waals surface area contributed by atoms with Crippen molar-refractivity contribution in [2.45, 2.75) is 12.8 Å². The number of aryl methyl sites for hydroxylation is 2. The molecule has 6 nitrogen and oxygen atoms in total. The van der Waals surface area contributed by atoms with Gasteiger partial charge in [-0.25, -0.2) is 9.97 Å². The highest BCUT2D eigenvalue weighted by atomic mass is 16.5. The molecule has 0 aliphatic carbocycles. The highest BCUT2D eigenvalue weighted by Gasteiger charge is 2.08. The molecule has 3 rings (SSSR count). The van der Waals surface area contributed by atoms with Crippen LogP contribution in [0.25, 0.3) is 5.65 Å². The predicted octanol–water partition coefficient (Wildman–Crippen LogP) is 2.35. The number of fused-ring (bicyclic) bond motifs is 1. The molecule has 24 heavy (non-hydrogen) atoms. The molecule has 6 heteroatoms. The minimum absolute atomic E-state index is 0.406. The van der Waals surface area contributed by atoms with Crippen LogP contribution in [0, 0.1) is 0 Å². The Kier molecular flexibility index (Phi) is 5.18. The minimum Gasteiger partial charge on any atom is -0.475 e. The maximum Gasteiger partial charge on any atom is 0.213 e. The van der Waals surface area contributed by atoms with Gasteiger partial charge in [0, 0.05) is 43.5 Å². The Morgan fingerprint density at radius 3 is 2.88 bits per heavy atom. The van der Waals surface area contributed by atoms with E-state index in [1.165, 1.54) is 0 Å². The maximum absolute atomic E-state index is 11.4. The number of carbonyl (C=O) groups is 1. The van der Waals surface area contributed by atoms with Gasteiger partial charge >= 0.3 is 0 Å². The summed E-state index contributed by atoms with van der Waals surface area (Å²) in [6.07, 6.45) is 9.72. The largest absolute Gasteiger partial charge is 0.475 e. The molecule has 0 spiro atoms. The summed E-state index contributed by atoms with van der Waals surface area (Å²) >= 11 is 0. The zero-order chi connectivity index (χ0) is 16.8. The lowest BCUT2D eigenvalue weighted by atomic mass is 10.0. The number of carbonyl (C=O) groups excluding carboxylic acids is 1. The first kappa shape index (κ1) is 16.1. The van der Waals surface area contributed by atoms with Gasteiger partial charge in [0.1, 0.15) is 12.3 Å². The van der Waals surface area contributed by atoms with Gasteiger partial charge in [0.15, 0.2) is 6.29 Å². The van der Waals surface area contributed by atoms with Crippen LogP contribution in [-0.4, -0.2) is 41.0 Å². The third kappa shape index (κ3) is 3.60. The molecule has 0 radical (unpaired) electrons. The van der Waals surface area contributed by atoms with Crippen LogP contribution in [0.5, 0.6) is 5.88 Å². The van der Waals surface area contributed by atoms with Crippen molar-refractivity contribution in [2.24, 2.45) is 0 Å². The number of rotatable bonds is 8. The molecule has 3 heterocycles. The van der Waals surface area contributed by atoms with E-state index in [9.17, 15) is 4.79 Å². The van der Waals surface area contributed by atoms with Crippen LogP contribution in [0.15, 0.2) is 43.0 Å². The van der Waals surface area contributed by atoms with Crippen molar-refractivity contribution in [1.82, 2.24) is 14.4 Å². The molecule has 0 amide bonds. The number of aromatic nitrogens is 3. The zero-order valence-electron chi connectivity index (χ0n) is 13.5. The van der Waals surface area contributed by atoms with Gasteiger partial charge < -0.3 is 13.9 Å². The molecule has 0 aliphatic rings. The lowest BCUT2D eigenvalue weighted by Gasteiger charge is -2.09. The fourth-order valence-corrected chi connectivity index (χ4v) is 2.58. The van der Waals surface area contributed by atoms with Crippen molar-refractivity contribution >= 4 is 11.9 Å². The van der Waals surface area contributed by atoms with E-state index < -0.39 is 0 Å². The normalized spacial score (nSPS) is 10.9. The van der Waals surface area contributed by atoms with Gasteiger partial charge in [-0.05, 0) is 30.0 Å². The SMILES string of the molecule is COCCOc1cc(C=O)c(CCc2cccn3ccnc23)cn1. The quantitative estimate of drug-likeness (QED) is 0.470. The number of hydrogen-bond donors (Lipinski definition) is 0. The lowest BCUT2D eigenvalue weighted by Crippen LogP contribution is -2.07. The molecular formula is C18H19N3O3. The smallest absolute Gasteiger partial charge is 0.213 e. The monoisotopic (exact) mass is 325 g/mol. The first-order valence-electron chi connectivity index (χ1n) is 7.78. The highest BCUT2D eigenvalue weighted by molar-refractivity contribution is 5.77. The van der Waals surface area contributed by atoms with E-state index in [1.54, 1.807) is 25.6 Å². The molecular weight excluding hydrogens is 306 g/mol. The van der Waals surface area contributed by atoms with Gasteiger partial charge in [-0.15, -0.1) is 0 Å². The van der Waals surface area contributed by atoms with E-state index in [-0.39, 0.29) is 0 Å². The van der Waals surface area contributed by atoms with Gasteiger partial charge in [0.05, 0.1) is 6.61 Å². The van der Waals surface area contributed by atoms with Crippen LogP contribution < -0.4 is 4.74 Å². The van der Waals surface area contributed by atoms with E-state index in [0.717, 1.165) is 29.5 Å². The van der Waals surface area contributed by atoms with Crippen LogP contribution in [0.1, 0.15) is 21.5 Å². The Morgan fingerprint density at radius 2 is 2.04 bits per heavy atom. The molecule has 0 N–H and O–H groups in total. The fourth-order valence-electron chi connectivity index (χ4n) is 2.58. The van der Waals surface area contributed by atoms with Crippen molar-refractivity contribution in [2.75, 3.05) is 20.3 Å². The molecule has 3 aromatic heterocycles. The molecule has 0 bridgehead atoms. The van der Waals surface area contributed by atoms with Gasteiger partial charge in [-0.1, -0.05) is 6.07 Å². The molecule has 0 fully saturated rings. The van der Waals surface area contributed by atoms with Crippen molar-refractivity contribution in [3.63, 3.8) is 0 Å². The molecule has 0 aliphatic heterocycles. The second-order valence-corrected chi connectivity index (χ2v) is 5.37. The second kappa shape index (κ2) is 7.70.